The quantitative estimate of drug-likeness (QED) is 0.753. The third-order valence-electron chi connectivity index (χ3n) is 4.97. The summed E-state index contributed by atoms with van der Waals surface area (Å²) in [5, 5.41) is 6.21. The Bertz CT molecular complexity index is 613. The molecule has 8 heteroatoms. The zero-order chi connectivity index (χ0) is 17.2. The van der Waals surface area contributed by atoms with E-state index in [1.54, 1.807) is 17.0 Å². The summed E-state index contributed by atoms with van der Waals surface area (Å²) in [7, 11) is 2.00. The minimum absolute atomic E-state index is 0.0875. The Morgan fingerprint density at radius 1 is 1.33 bits per heavy atom. The van der Waals surface area contributed by atoms with Crippen LogP contribution in [0.15, 0.2) is 18.3 Å². The van der Waals surface area contributed by atoms with Crippen molar-refractivity contribution in [2.24, 2.45) is 0 Å². The molecule has 0 aliphatic carbocycles. The molecule has 1 spiro atoms. The Balaban J connectivity index is 1.62. The molecule has 2 aliphatic rings. The average Bonchev–Trinajstić information content (AvgIpc) is 2.72. The standard InChI is InChI=1S/C16H22ClN5O2/c1-21-8-2-7-18-14(23)16(21)5-9-22(10-6-16)15(24)20-12-3-4-13(17)19-11-12/h3-4,11H,2,5-10H2,1H3,(H,18,23)(H,20,24). The number of likely N-dealkylation sites (tertiary alicyclic amines) is 1. The Hall–Kier alpha value is -1.86. The van der Waals surface area contributed by atoms with E-state index in [0.717, 1.165) is 19.5 Å². The van der Waals surface area contributed by atoms with Gasteiger partial charge in [-0.15, -0.1) is 0 Å². The summed E-state index contributed by atoms with van der Waals surface area (Å²) in [5.41, 5.74) is 0.115. The second kappa shape index (κ2) is 6.94. The highest BCUT2D eigenvalue weighted by atomic mass is 35.5. The number of halogens is 1. The number of hydrogen-bond acceptors (Lipinski definition) is 4. The van der Waals surface area contributed by atoms with Crippen molar-refractivity contribution in [3.8, 4) is 0 Å². The number of rotatable bonds is 1. The molecule has 130 valence electrons. The average molecular weight is 352 g/mol. The maximum absolute atomic E-state index is 12.5. The normalized spacial score (nSPS) is 21.2. The lowest BCUT2D eigenvalue weighted by Crippen LogP contribution is -2.61. The van der Waals surface area contributed by atoms with E-state index in [-0.39, 0.29) is 11.9 Å². The SMILES string of the molecule is CN1CCCNC(=O)C12CCN(C(=O)Nc1ccc(Cl)nc1)CC2. The molecule has 3 amide bonds. The van der Waals surface area contributed by atoms with Crippen molar-refractivity contribution >= 4 is 29.2 Å². The fraction of sp³-hybridized carbons (Fsp3) is 0.562. The predicted octanol–water partition coefficient (Wildman–Crippen LogP) is 1.55. The second-order valence-electron chi connectivity index (χ2n) is 6.35. The first-order valence-corrected chi connectivity index (χ1v) is 8.56. The minimum atomic E-state index is -0.491. The van der Waals surface area contributed by atoms with Crippen molar-refractivity contribution in [3.05, 3.63) is 23.5 Å². The number of hydrogen-bond donors (Lipinski definition) is 2. The van der Waals surface area contributed by atoms with Gasteiger partial charge in [0.15, 0.2) is 0 Å². The van der Waals surface area contributed by atoms with E-state index in [1.807, 2.05) is 7.05 Å². The molecule has 1 aromatic rings. The Morgan fingerprint density at radius 3 is 2.75 bits per heavy atom. The molecule has 0 aromatic carbocycles. The molecule has 2 aliphatic heterocycles. The molecule has 0 radical (unpaired) electrons. The molecule has 7 nitrogen and oxygen atoms in total. The summed E-state index contributed by atoms with van der Waals surface area (Å²) in [5.74, 6) is 0.0875. The van der Waals surface area contributed by atoms with Crippen molar-refractivity contribution in [1.29, 1.82) is 0 Å². The number of anilines is 1. The van der Waals surface area contributed by atoms with Crippen LogP contribution in [0.2, 0.25) is 5.15 Å². The smallest absolute Gasteiger partial charge is 0.321 e. The molecule has 0 atom stereocenters. The first-order chi connectivity index (χ1) is 11.5. The molecule has 2 fully saturated rings. The summed E-state index contributed by atoms with van der Waals surface area (Å²) >= 11 is 5.74. The van der Waals surface area contributed by atoms with Crippen molar-refractivity contribution in [1.82, 2.24) is 20.1 Å². The topological polar surface area (TPSA) is 77.6 Å². The molecule has 2 N–H and O–H groups in total. The largest absolute Gasteiger partial charge is 0.354 e. The molecule has 0 bridgehead atoms. The molecule has 24 heavy (non-hydrogen) atoms. The zero-order valence-corrected chi connectivity index (χ0v) is 14.5. The molecular weight excluding hydrogens is 330 g/mol. The number of amides is 3. The maximum Gasteiger partial charge on any atom is 0.321 e. The number of nitrogens with one attached hydrogen (secondary N) is 2. The van der Waals surface area contributed by atoms with Gasteiger partial charge in [0.25, 0.3) is 0 Å². The Kier molecular flexibility index (Phi) is 4.91. The van der Waals surface area contributed by atoms with E-state index < -0.39 is 5.54 Å². The lowest BCUT2D eigenvalue weighted by atomic mass is 9.85. The van der Waals surface area contributed by atoms with Crippen LogP contribution in [0.5, 0.6) is 0 Å². The van der Waals surface area contributed by atoms with Gasteiger partial charge < -0.3 is 15.5 Å². The Morgan fingerprint density at radius 2 is 2.08 bits per heavy atom. The van der Waals surface area contributed by atoms with Crippen LogP contribution in [0.4, 0.5) is 10.5 Å². The summed E-state index contributed by atoms with van der Waals surface area (Å²) in [6.07, 6.45) is 3.76. The minimum Gasteiger partial charge on any atom is -0.354 e. The second-order valence-corrected chi connectivity index (χ2v) is 6.74. The van der Waals surface area contributed by atoms with Gasteiger partial charge in [-0.3, -0.25) is 9.69 Å². The molecule has 0 unspecified atom stereocenters. The van der Waals surface area contributed by atoms with E-state index in [0.29, 0.717) is 36.8 Å². The summed E-state index contributed by atoms with van der Waals surface area (Å²) in [4.78, 5) is 32.7. The summed E-state index contributed by atoms with van der Waals surface area (Å²) in [6, 6.07) is 3.17. The highest BCUT2D eigenvalue weighted by Gasteiger charge is 2.46. The van der Waals surface area contributed by atoms with Crippen molar-refractivity contribution in [3.63, 3.8) is 0 Å². The van der Waals surface area contributed by atoms with Crippen LogP contribution < -0.4 is 10.6 Å². The number of nitrogens with zero attached hydrogens (tertiary/aromatic N) is 3. The van der Waals surface area contributed by atoms with E-state index in [9.17, 15) is 9.59 Å². The number of carbonyl (C=O) groups excluding carboxylic acids is 2. The number of piperidine rings is 1. The third-order valence-corrected chi connectivity index (χ3v) is 5.19. The first-order valence-electron chi connectivity index (χ1n) is 8.18. The van der Waals surface area contributed by atoms with E-state index in [4.69, 9.17) is 11.6 Å². The summed E-state index contributed by atoms with van der Waals surface area (Å²) < 4.78 is 0. The van der Waals surface area contributed by atoms with Gasteiger partial charge in [-0.25, -0.2) is 9.78 Å². The molecule has 3 heterocycles. The molecule has 2 saturated heterocycles. The highest BCUT2D eigenvalue weighted by molar-refractivity contribution is 6.29. The number of pyridine rings is 1. The van der Waals surface area contributed by atoms with Gasteiger partial charge in [0.1, 0.15) is 10.7 Å². The number of aromatic nitrogens is 1. The third kappa shape index (κ3) is 3.32. The van der Waals surface area contributed by atoms with Gasteiger partial charge in [0.2, 0.25) is 5.91 Å². The van der Waals surface area contributed by atoms with Crippen LogP contribution >= 0.6 is 11.6 Å². The van der Waals surface area contributed by atoms with Crippen molar-refractivity contribution in [2.45, 2.75) is 24.8 Å². The van der Waals surface area contributed by atoms with Gasteiger partial charge >= 0.3 is 6.03 Å². The van der Waals surface area contributed by atoms with Crippen LogP contribution in [0, 0.1) is 0 Å². The fourth-order valence-corrected chi connectivity index (χ4v) is 3.52. The number of carbonyl (C=O) groups is 2. The van der Waals surface area contributed by atoms with E-state index in [1.165, 1.54) is 6.20 Å². The van der Waals surface area contributed by atoms with Crippen molar-refractivity contribution in [2.75, 3.05) is 38.5 Å². The van der Waals surface area contributed by atoms with Crippen LogP contribution in [-0.2, 0) is 4.79 Å². The van der Waals surface area contributed by atoms with Crippen LogP contribution in [-0.4, -0.2) is 65.5 Å². The monoisotopic (exact) mass is 351 g/mol. The summed E-state index contributed by atoms with van der Waals surface area (Å²) in [6.45, 7) is 2.70. The number of urea groups is 1. The van der Waals surface area contributed by atoms with Gasteiger partial charge in [0.05, 0.1) is 11.9 Å². The maximum atomic E-state index is 12.5. The van der Waals surface area contributed by atoms with Crippen LogP contribution in [0.25, 0.3) is 0 Å². The van der Waals surface area contributed by atoms with Crippen LogP contribution in [0.3, 0.4) is 0 Å². The molecule has 0 saturated carbocycles. The van der Waals surface area contributed by atoms with E-state index >= 15 is 0 Å². The van der Waals surface area contributed by atoms with E-state index in [2.05, 4.69) is 20.5 Å². The van der Waals surface area contributed by atoms with Gasteiger partial charge in [-0.05, 0) is 38.4 Å². The lowest BCUT2D eigenvalue weighted by Gasteiger charge is -2.44. The number of likely N-dealkylation sites (N-methyl/N-ethyl adjacent to an activating group) is 1. The van der Waals surface area contributed by atoms with Crippen molar-refractivity contribution < 1.29 is 9.59 Å². The van der Waals surface area contributed by atoms with Gasteiger partial charge in [-0.2, -0.15) is 0 Å². The van der Waals surface area contributed by atoms with Crippen LogP contribution in [0.1, 0.15) is 19.3 Å². The van der Waals surface area contributed by atoms with Gasteiger partial charge in [-0.1, -0.05) is 11.6 Å². The molecule has 3 rings (SSSR count). The Labute approximate surface area is 146 Å². The van der Waals surface area contributed by atoms with Gasteiger partial charge in [0, 0.05) is 26.2 Å². The molecule has 1 aromatic heterocycles. The zero-order valence-electron chi connectivity index (χ0n) is 13.7. The first kappa shape index (κ1) is 17.0. The molecular formula is C16H22ClN5O2. The highest BCUT2D eigenvalue weighted by Crippen LogP contribution is 2.30. The fourth-order valence-electron chi connectivity index (χ4n) is 3.41. The predicted molar refractivity (Wildman–Crippen MR) is 92.1 cm³/mol. The lowest BCUT2D eigenvalue weighted by molar-refractivity contribution is -0.134.